The zero-order chi connectivity index (χ0) is 30.4. The first-order chi connectivity index (χ1) is 20.0. The summed E-state index contributed by atoms with van der Waals surface area (Å²) >= 11 is 0. The van der Waals surface area contributed by atoms with Crippen LogP contribution in [0.4, 0.5) is 9.18 Å². The average Bonchev–Trinajstić information content (AvgIpc) is 3.33. The van der Waals surface area contributed by atoms with Gasteiger partial charge in [-0.25, -0.2) is 9.18 Å². The van der Waals surface area contributed by atoms with E-state index in [2.05, 4.69) is 0 Å². The highest BCUT2D eigenvalue weighted by Crippen LogP contribution is 2.36. The lowest BCUT2D eigenvalue weighted by Crippen LogP contribution is -2.54. The molecular weight excluding hydrogens is 565 g/mol. The van der Waals surface area contributed by atoms with E-state index in [1.165, 1.54) is 36.5 Å². The zero-order valence-electron chi connectivity index (χ0n) is 24.7. The Kier molecular flexibility index (Phi) is 10.8. The van der Waals surface area contributed by atoms with Gasteiger partial charge in [0.2, 0.25) is 0 Å². The molecule has 0 aromatic heterocycles. The lowest BCUT2D eigenvalue weighted by atomic mass is 9.82. The molecule has 1 amide bonds. The van der Waals surface area contributed by atoms with Gasteiger partial charge in [0.05, 0.1) is 44.6 Å². The van der Waals surface area contributed by atoms with Crippen molar-refractivity contribution >= 4 is 16.3 Å². The molecule has 232 valence electrons. The molecule has 10 nitrogen and oxygen atoms in total. The predicted octanol–water partition coefficient (Wildman–Crippen LogP) is 4.32. The van der Waals surface area contributed by atoms with Gasteiger partial charge in [0.1, 0.15) is 11.6 Å². The third kappa shape index (κ3) is 7.41. The van der Waals surface area contributed by atoms with E-state index in [0.29, 0.717) is 5.75 Å². The molecule has 0 bridgehead atoms. The van der Waals surface area contributed by atoms with Crippen LogP contribution in [0.2, 0.25) is 0 Å². The second-order valence-electron chi connectivity index (χ2n) is 11.2. The molecule has 1 heterocycles. The number of amides is 1. The maximum absolute atomic E-state index is 13.7. The molecule has 1 N–H and O–H groups in total. The van der Waals surface area contributed by atoms with Gasteiger partial charge in [-0.2, -0.15) is 17.0 Å². The molecule has 1 aliphatic heterocycles. The maximum Gasteiger partial charge on any atom is 0.408 e. The fourth-order valence-corrected chi connectivity index (χ4v) is 7.49. The van der Waals surface area contributed by atoms with Crippen LogP contribution in [0, 0.1) is 5.82 Å². The summed E-state index contributed by atoms with van der Waals surface area (Å²) in [6.45, 7) is 0.239. The first-order valence-electron chi connectivity index (χ1n) is 14.2. The molecule has 4 rings (SSSR count). The second-order valence-corrected chi connectivity index (χ2v) is 13.3. The molecule has 1 saturated heterocycles. The minimum atomic E-state index is -3.95. The summed E-state index contributed by atoms with van der Waals surface area (Å²) in [5, 5.41) is 10.3. The molecule has 42 heavy (non-hydrogen) atoms. The Hall–Kier alpha value is -2.77. The Morgan fingerprint density at radius 3 is 2.31 bits per heavy atom. The van der Waals surface area contributed by atoms with E-state index >= 15 is 0 Å². The van der Waals surface area contributed by atoms with Crippen molar-refractivity contribution in [3.05, 3.63) is 65.5 Å². The Bertz CT molecular complexity index is 1290. The van der Waals surface area contributed by atoms with Gasteiger partial charge in [-0.05, 0) is 73.4 Å². The number of nitrogens with zero attached hydrogens (tertiary/aromatic N) is 3. The van der Waals surface area contributed by atoms with Gasteiger partial charge < -0.3 is 19.3 Å². The monoisotopic (exact) mass is 607 g/mol. The summed E-state index contributed by atoms with van der Waals surface area (Å²) in [5.74, 6) is 0.647. The van der Waals surface area contributed by atoms with Gasteiger partial charge in [0, 0.05) is 27.7 Å². The van der Waals surface area contributed by atoms with Crippen molar-refractivity contribution in [3.63, 3.8) is 0 Å². The van der Waals surface area contributed by atoms with E-state index in [4.69, 9.17) is 14.2 Å². The number of benzene rings is 2. The van der Waals surface area contributed by atoms with Crippen LogP contribution in [0.1, 0.15) is 49.1 Å². The molecule has 0 spiro atoms. The summed E-state index contributed by atoms with van der Waals surface area (Å²) in [6.07, 6.45) is 2.18. The maximum atomic E-state index is 13.7. The third-order valence-electron chi connectivity index (χ3n) is 8.41. The fraction of sp³-hybridized carbons (Fsp3) is 0.567. The highest BCUT2D eigenvalue weighted by atomic mass is 32.2. The standard InChI is InChI=1S/C30H42FN3O7S/c1-32(2)42(37,38)33(18-21-8-12-26(40-4)13-9-21)28-17-25(19-39-3)34(30(35)36)29(28)20-41-27-14-10-22(11-15-27)23-6-5-7-24(31)16-23/h5-9,12-13,16,22,25,27-29H,10-11,14-15,17-20H2,1-4H3,(H,35,36)/t22?,25-,27?,28-,29-/m0/s1. The minimum absolute atomic E-state index is 0.0501. The van der Waals surface area contributed by atoms with Crippen LogP contribution in [0.25, 0.3) is 0 Å². The lowest BCUT2D eigenvalue weighted by Gasteiger charge is -2.36. The quantitative estimate of drug-likeness (QED) is 0.383. The largest absolute Gasteiger partial charge is 0.497 e. The highest BCUT2D eigenvalue weighted by molar-refractivity contribution is 7.86. The van der Waals surface area contributed by atoms with Crippen LogP contribution in [0.3, 0.4) is 0 Å². The lowest BCUT2D eigenvalue weighted by molar-refractivity contribution is -0.0163. The van der Waals surface area contributed by atoms with Crippen molar-refractivity contribution in [2.45, 2.75) is 68.8 Å². The number of likely N-dealkylation sites (tertiary alicyclic amines) is 1. The Morgan fingerprint density at radius 2 is 1.74 bits per heavy atom. The van der Waals surface area contributed by atoms with Crippen molar-refractivity contribution < 1.29 is 36.9 Å². The van der Waals surface area contributed by atoms with Crippen molar-refractivity contribution in [2.75, 3.05) is 41.5 Å². The number of hydrogen-bond acceptors (Lipinski definition) is 6. The summed E-state index contributed by atoms with van der Waals surface area (Å²) in [5.41, 5.74) is 1.72. The molecule has 0 unspecified atom stereocenters. The van der Waals surface area contributed by atoms with E-state index in [1.54, 1.807) is 43.5 Å². The van der Waals surface area contributed by atoms with Crippen molar-refractivity contribution in [2.24, 2.45) is 0 Å². The molecule has 2 fully saturated rings. The van der Waals surface area contributed by atoms with Crippen LogP contribution in [-0.2, 0) is 26.2 Å². The van der Waals surface area contributed by atoms with E-state index < -0.39 is 34.4 Å². The molecule has 2 aliphatic rings. The number of rotatable bonds is 12. The highest BCUT2D eigenvalue weighted by Gasteiger charge is 2.50. The third-order valence-corrected chi connectivity index (χ3v) is 10.3. The first kappa shape index (κ1) is 32.2. The van der Waals surface area contributed by atoms with Crippen molar-refractivity contribution in [1.82, 2.24) is 13.5 Å². The number of methoxy groups -OCH3 is 2. The Labute approximate surface area is 248 Å². The first-order valence-corrected chi connectivity index (χ1v) is 15.6. The topological polar surface area (TPSA) is 109 Å². The summed E-state index contributed by atoms with van der Waals surface area (Å²) in [6, 6.07) is 11.9. The predicted molar refractivity (Wildman–Crippen MR) is 156 cm³/mol. The normalized spacial score (nSPS) is 24.8. The SMILES string of the molecule is COC[C@@H]1C[C@H](N(Cc2ccc(OC)cc2)S(=O)(=O)N(C)C)[C@H](COC2CCC(c3cccc(F)c3)CC2)N1C(=O)O. The molecule has 3 atom stereocenters. The molecular formula is C30H42FN3O7S. The van der Waals surface area contributed by atoms with E-state index in [0.717, 1.165) is 41.1 Å². The number of carbonyl (C=O) groups is 1. The van der Waals surface area contributed by atoms with Crippen LogP contribution in [0.15, 0.2) is 48.5 Å². The molecule has 0 radical (unpaired) electrons. The van der Waals surface area contributed by atoms with Gasteiger partial charge in [-0.15, -0.1) is 0 Å². The average molecular weight is 608 g/mol. The molecule has 12 heteroatoms. The summed E-state index contributed by atoms with van der Waals surface area (Å²) in [4.78, 5) is 13.9. The van der Waals surface area contributed by atoms with Gasteiger partial charge in [-0.1, -0.05) is 24.3 Å². The van der Waals surface area contributed by atoms with E-state index in [1.807, 2.05) is 6.07 Å². The number of carboxylic acid groups (broad SMARTS) is 1. The second kappa shape index (κ2) is 14.1. The van der Waals surface area contributed by atoms with Crippen molar-refractivity contribution in [3.8, 4) is 5.75 Å². The zero-order valence-corrected chi connectivity index (χ0v) is 25.5. The van der Waals surface area contributed by atoms with Crippen LogP contribution < -0.4 is 4.74 Å². The Morgan fingerprint density at radius 1 is 1.05 bits per heavy atom. The molecule has 1 saturated carbocycles. The molecule has 2 aromatic carbocycles. The van der Waals surface area contributed by atoms with Gasteiger partial charge in [0.15, 0.2) is 0 Å². The number of hydrogen-bond donors (Lipinski definition) is 1. The van der Waals surface area contributed by atoms with Crippen LogP contribution in [0.5, 0.6) is 5.75 Å². The fourth-order valence-electron chi connectivity index (χ4n) is 6.19. The number of ether oxygens (including phenoxy) is 3. The molecule has 2 aromatic rings. The summed E-state index contributed by atoms with van der Waals surface area (Å²) in [7, 11) is 2.05. The smallest absolute Gasteiger partial charge is 0.408 e. The van der Waals surface area contributed by atoms with Gasteiger partial charge in [0.25, 0.3) is 10.2 Å². The van der Waals surface area contributed by atoms with Crippen LogP contribution in [-0.4, -0.2) is 98.9 Å². The van der Waals surface area contributed by atoms with Gasteiger partial charge >= 0.3 is 6.09 Å². The van der Waals surface area contributed by atoms with Crippen LogP contribution >= 0.6 is 0 Å². The van der Waals surface area contributed by atoms with Gasteiger partial charge in [-0.3, -0.25) is 4.90 Å². The Balaban J connectivity index is 1.56. The van der Waals surface area contributed by atoms with E-state index in [-0.39, 0.29) is 44.0 Å². The number of halogens is 1. The minimum Gasteiger partial charge on any atom is -0.497 e. The van der Waals surface area contributed by atoms with E-state index in [9.17, 15) is 22.7 Å². The summed E-state index contributed by atoms with van der Waals surface area (Å²) < 4.78 is 60.6. The molecule has 1 aliphatic carbocycles. The van der Waals surface area contributed by atoms with Crippen molar-refractivity contribution in [1.29, 1.82) is 0 Å².